The molecule has 0 spiro atoms. The minimum absolute atomic E-state index is 0.144. The van der Waals surface area contributed by atoms with Crippen LogP contribution in [-0.4, -0.2) is 36.7 Å². The zero-order valence-corrected chi connectivity index (χ0v) is 14.4. The quantitative estimate of drug-likeness (QED) is 0.624. The van der Waals surface area contributed by atoms with Crippen LogP contribution >= 0.6 is 0 Å². The van der Waals surface area contributed by atoms with E-state index in [1.165, 1.54) is 43.6 Å². The Kier molecular flexibility index (Phi) is 6.67. The van der Waals surface area contributed by atoms with Crippen molar-refractivity contribution in [3.8, 4) is 5.75 Å². The Morgan fingerprint density at radius 2 is 1.81 bits per heavy atom. The van der Waals surface area contributed by atoms with Gasteiger partial charge in [-0.1, -0.05) is 0 Å². The Hall–Kier alpha value is -3.42. The zero-order chi connectivity index (χ0) is 18.9. The summed E-state index contributed by atoms with van der Waals surface area (Å²) in [7, 11) is 1.29. The highest BCUT2D eigenvalue weighted by Gasteiger charge is 2.10. The first-order valence-electron chi connectivity index (χ1n) is 7.79. The molecule has 0 aliphatic carbocycles. The molecule has 1 aromatic carbocycles. The average molecular weight is 358 g/mol. The molecule has 1 amide bonds. The monoisotopic (exact) mass is 358 g/mol. The topological polar surface area (TPSA) is 104 Å². The van der Waals surface area contributed by atoms with E-state index >= 15 is 0 Å². The number of esters is 1. The summed E-state index contributed by atoms with van der Waals surface area (Å²) in [5.74, 6) is -0.539. The third-order valence-electron chi connectivity index (χ3n) is 3.25. The van der Waals surface area contributed by atoms with Crippen molar-refractivity contribution in [2.45, 2.75) is 13.5 Å². The molecule has 136 valence electrons. The fraction of sp³-hybridized carbons (Fsp3) is 0.222. The highest BCUT2D eigenvalue weighted by Crippen LogP contribution is 2.13. The van der Waals surface area contributed by atoms with Gasteiger partial charge in [-0.2, -0.15) is 0 Å². The number of ether oxygens (including phenoxy) is 3. The number of carbonyl (C=O) groups excluding carboxylic acids is 3. The fourth-order valence-corrected chi connectivity index (χ4v) is 2.01. The van der Waals surface area contributed by atoms with Gasteiger partial charge >= 0.3 is 12.1 Å². The molecule has 0 bridgehead atoms. The van der Waals surface area contributed by atoms with E-state index in [4.69, 9.17) is 4.74 Å². The molecule has 2 rings (SSSR count). The van der Waals surface area contributed by atoms with Crippen LogP contribution in [0.15, 0.2) is 42.6 Å². The third kappa shape index (κ3) is 5.30. The molecule has 0 atom stereocenters. The van der Waals surface area contributed by atoms with Gasteiger partial charge in [0.15, 0.2) is 0 Å². The van der Waals surface area contributed by atoms with Crippen LogP contribution in [-0.2, 0) is 16.0 Å². The molecule has 26 heavy (non-hydrogen) atoms. The number of methoxy groups -OCH3 is 1. The number of rotatable bonds is 6. The van der Waals surface area contributed by atoms with Crippen LogP contribution in [0.5, 0.6) is 5.75 Å². The van der Waals surface area contributed by atoms with Gasteiger partial charge in [0, 0.05) is 11.8 Å². The lowest BCUT2D eigenvalue weighted by molar-refractivity contribution is 0.0600. The number of nitrogens with one attached hydrogen (secondary N) is 1. The highest BCUT2D eigenvalue weighted by molar-refractivity contribution is 5.94. The molecular formula is C18H18N2O6. The number of pyridine rings is 1. The van der Waals surface area contributed by atoms with Crippen LogP contribution in [0.3, 0.4) is 0 Å². The first-order chi connectivity index (χ1) is 12.5. The number of nitrogens with zero attached hydrogens (tertiary/aromatic N) is 1. The Bertz CT molecular complexity index is 789. The number of hydrogen-bond donors (Lipinski definition) is 1. The van der Waals surface area contributed by atoms with Crippen LogP contribution in [0.2, 0.25) is 0 Å². The largest absolute Gasteiger partial charge is 0.513 e. The first-order valence-corrected chi connectivity index (χ1v) is 7.79. The number of aromatic nitrogens is 1. The summed E-state index contributed by atoms with van der Waals surface area (Å²) in [6.07, 6.45) is 0.663. The van der Waals surface area contributed by atoms with Crippen molar-refractivity contribution in [2.75, 3.05) is 13.7 Å². The molecule has 0 saturated heterocycles. The molecule has 0 fully saturated rings. The van der Waals surface area contributed by atoms with Gasteiger partial charge in [0.1, 0.15) is 5.75 Å². The van der Waals surface area contributed by atoms with Crippen molar-refractivity contribution in [3.05, 3.63) is 59.4 Å². The SMILES string of the molecule is CCOC(=O)Oc1ccc(C(=O)NCc2cc(C(=O)OC)ccn2)cc1. The summed E-state index contributed by atoms with van der Waals surface area (Å²) >= 11 is 0. The van der Waals surface area contributed by atoms with Gasteiger partial charge in [-0.3, -0.25) is 9.78 Å². The van der Waals surface area contributed by atoms with Crippen molar-refractivity contribution in [1.29, 1.82) is 0 Å². The fourth-order valence-electron chi connectivity index (χ4n) is 2.01. The van der Waals surface area contributed by atoms with E-state index in [0.717, 1.165) is 0 Å². The summed E-state index contributed by atoms with van der Waals surface area (Å²) in [6.45, 7) is 2.03. The molecule has 1 aromatic heterocycles. The lowest BCUT2D eigenvalue weighted by atomic mass is 10.2. The van der Waals surface area contributed by atoms with Gasteiger partial charge in [0.05, 0.1) is 31.5 Å². The second-order valence-corrected chi connectivity index (χ2v) is 5.02. The number of benzene rings is 1. The van der Waals surface area contributed by atoms with Crippen molar-refractivity contribution in [3.63, 3.8) is 0 Å². The summed E-state index contributed by atoms with van der Waals surface area (Å²) < 4.78 is 14.2. The van der Waals surface area contributed by atoms with E-state index in [0.29, 0.717) is 16.8 Å². The summed E-state index contributed by atoms with van der Waals surface area (Å²) in [6, 6.07) is 9.08. The molecule has 0 aliphatic heterocycles. The minimum atomic E-state index is -0.804. The van der Waals surface area contributed by atoms with Crippen molar-refractivity contribution < 1.29 is 28.6 Å². The molecule has 0 saturated carbocycles. The van der Waals surface area contributed by atoms with Gasteiger partial charge in [0.2, 0.25) is 0 Å². The Morgan fingerprint density at radius 1 is 1.08 bits per heavy atom. The summed E-state index contributed by atoms with van der Waals surface area (Å²) in [4.78, 5) is 39.0. The molecular weight excluding hydrogens is 340 g/mol. The smallest absolute Gasteiger partial charge is 0.465 e. The highest BCUT2D eigenvalue weighted by atomic mass is 16.7. The van der Waals surface area contributed by atoms with E-state index in [1.807, 2.05) is 0 Å². The second kappa shape index (κ2) is 9.16. The summed E-state index contributed by atoms with van der Waals surface area (Å²) in [5.41, 5.74) is 1.25. The predicted molar refractivity (Wildman–Crippen MR) is 90.8 cm³/mol. The number of carbonyl (C=O) groups is 3. The van der Waals surface area contributed by atoms with Crippen molar-refractivity contribution in [2.24, 2.45) is 0 Å². The minimum Gasteiger partial charge on any atom is -0.465 e. The van der Waals surface area contributed by atoms with Gasteiger partial charge in [-0.05, 0) is 43.3 Å². The van der Waals surface area contributed by atoms with Gasteiger partial charge in [-0.25, -0.2) is 9.59 Å². The molecule has 0 radical (unpaired) electrons. The van der Waals surface area contributed by atoms with Gasteiger partial charge in [-0.15, -0.1) is 0 Å². The second-order valence-electron chi connectivity index (χ2n) is 5.02. The van der Waals surface area contributed by atoms with Crippen LogP contribution in [0.1, 0.15) is 33.3 Å². The molecule has 1 N–H and O–H groups in total. The summed E-state index contributed by atoms with van der Waals surface area (Å²) in [5, 5.41) is 2.69. The normalized spacial score (nSPS) is 9.92. The lowest BCUT2D eigenvalue weighted by Crippen LogP contribution is -2.23. The maximum absolute atomic E-state index is 12.2. The van der Waals surface area contributed by atoms with Crippen LogP contribution in [0.4, 0.5) is 4.79 Å². The molecule has 8 heteroatoms. The Morgan fingerprint density at radius 3 is 2.46 bits per heavy atom. The van der Waals surface area contributed by atoms with Crippen LogP contribution in [0.25, 0.3) is 0 Å². The zero-order valence-electron chi connectivity index (χ0n) is 14.4. The van der Waals surface area contributed by atoms with Crippen LogP contribution < -0.4 is 10.1 Å². The molecule has 0 unspecified atom stereocenters. The van der Waals surface area contributed by atoms with E-state index in [1.54, 1.807) is 13.0 Å². The van der Waals surface area contributed by atoms with Crippen molar-refractivity contribution >= 4 is 18.0 Å². The average Bonchev–Trinajstić information content (AvgIpc) is 2.66. The standard InChI is InChI=1S/C18H18N2O6/c1-3-25-18(23)26-15-6-4-12(5-7-15)16(21)20-11-14-10-13(8-9-19-14)17(22)24-2/h4-10H,3,11H2,1-2H3,(H,20,21). The molecule has 0 aliphatic rings. The van der Waals surface area contributed by atoms with Crippen LogP contribution in [0, 0.1) is 0 Å². The Labute approximate surface area is 150 Å². The number of hydrogen-bond acceptors (Lipinski definition) is 7. The maximum atomic E-state index is 12.2. The maximum Gasteiger partial charge on any atom is 0.513 e. The van der Waals surface area contributed by atoms with E-state index in [9.17, 15) is 14.4 Å². The third-order valence-corrected chi connectivity index (χ3v) is 3.25. The lowest BCUT2D eigenvalue weighted by Gasteiger charge is -2.07. The van der Waals surface area contributed by atoms with Crippen molar-refractivity contribution in [1.82, 2.24) is 10.3 Å². The molecule has 8 nitrogen and oxygen atoms in total. The number of amides is 1. The Balaban J connectivity index is 1.93. The van der Waals surface area contributed by atoms with Gasteiger partial charge in [0.25, 0.3) is 5.91 Å². The molecule has 1 heterocycles. The predicted octanol–water partition coefficient (Wildman–Crippen LogP) is 2.33. The van der Waals surface area contributed by atoms with Gasteiger partial charge < -0.3 is 19.5 Å². The molecule has 2 aromatic rings. The first kappa shape index (κ1) is 18.9. The van der Waals surface area contributed by atoms with E-state index in [-0.39, 0.29) is 24.8 Å². The van der Waals surface area contributed by atoms with E-state index in [2.05, 4.69) is 19.8 Å². The van der Waals surface area contributed by atoms with E-state index < -0.39 is 12.1 Å².